The van der Waals surface area contributed by atoms with Crippen LogP contribution in [0.2, 0.25) is 0 Å². The van der Waals surface area contributed by atoms with Crippen LogP contribution in [0, 0.1) is 0 Å². The first-order valence-corrected chi connectivity index (χ1v) is 7.00. The summed E-state index contributed by atoms with van der Waals surface area (Å²) in [6.07, 6.45) is -0.0183. The first-order valence-electron chi connectivity index (χ1n) is 7.00. The molecule has 0 aliphatic heterocycles. The maximum absolute atomic E-state index is 12.6. The van der Waals surface area contributed by atoms with Gasteiger partial charge in [0.2, 0.25) is 5.91 Å². The number of aromatic amines is 1. The third-order valence-corrected chi connectivity index (χ3v) is 3.46. The van der Waals surface area contributed by atoms with Crippen molar-refractivity contribution in [2.45, 2.75) is 31.9 Å². The minimum atomic E-state index is -4.33. The number of primary amides is 1. The molecule has 0 aliphatic carbocycles. The molecule has 2 aromatic rings. The summed E-state index contributed by atoms with van der Waals surface area (Å²) in [7, 11) is 0. The molecule has 0 bridgehead atoms. The Bertz CT molecular complexity index is 630. The predicted molar refractivity (Wildman–Crippen MR) is 78.0 cm³/mol. The second-order valence-corrected chi connectivity index (χ2v) is 5.12. The molecule has 0 aliphatic rings. The number of benzene rings is 1. The number of hydrogen-bond acceptors (Lipinski definition) is 1. The van der Waals surface area contributed by atoms with Gasteiger partial charge in [-0.2, -0.15) is 13.2 Å². The summed E-state index contributed by atoms with van der Waals surface area (Å²) < 4.78 is 37.7. The zero-order valence-corrected chi connectivity index (χ0v) is 11.9. The standard InChI is InChI=1S/C16H17F3N2O/c17-16(18,19)12-7-5-11(6-8-12)13-9-10-21-14(13)3-1-2-4-15(20)22/h5-10,21H,1-4H2,(H2,20,22). The van der Waals surface area contributed by atoms with Crippen molar-refractivity contribution in [3.63, 3.8) is 0 Å². The first kappa shape index (κ1) is 16.1. The maximum Gasteiger partial charge on any atom is 0.416 e. The van der Waals surface area contributed by atoms with Crippen LogP contribution in [0.1, 0.15) is 30.5 Å². The van der Waals surface area contributed by atoms with Crippen LogP contribution in [0.25, 0.3) is 11.1 Å². The molecule has 0 radical (unpaired) electrons. The molecular formula is C16H17F3N2O. The molecule has 0 saturated carbocycles. The highest BCUT2D eigenvalue weighted by molar-refractivity contribution is 5.73. The molecule has 1 aromatic carbocycles. The first-order chi connectivity index (χ1) is 10.4. The number of alkyl halides is 3. The van der Waals surface area contributed by atoms with Crippen molar-refractivity contribution in [1.29, 1.82) is 0 Å². The van der Waals surface area contributed by atoms with E-state index >= 15 is 0 Å². The Kier molecular flexibility index (Phi) is 4.90. The van der Waals surface area contributed by atoms with Crippen LogP contribution in [0.4, 0.5) is 13.2 Å². The lowest BCUT2D eigenvalue weighted by Gasteiger charge is -2.08. The number of amides is 1. The molecule has 22 heavy (non-hydrogen) atoms. The van der Waals surface area contributed by atoms with E-state index in [0.717, 1.165) is 41.8 Å². The molecule has 1 heterocycles. The molecule has 6 heteroatoms. The van der Waals surface area contributed by atoms with Crippen molar-refractivity contribution in [3.05, 3.63) is 47.8 Å². The van der Waals surface area contributed by atoms with Crippen LogP contribution >= 0.6 is 0 Å². The molecule has 0 saturated heterocycles. The summed E-state index contributed by atoms with van der Waals surface area (Å²) in [5, 5.41) is 0. The van der Waals surface area contributed by atoms with Gasteiger partial charge in [-0.05, 0) is 43.0 Å². The van der Waals surface area contributed by atoms with Crippen molar-refractivity contribution in [3.8, 4) is 11.1 Å². The number of hydrogen-bond donors (Lipinski definition) is 2. The topological polar surface area (TPSA) is 58.9 Å². The minimum absolute atomic E-state index is 0.325. The van der Waals surface area contributed by atoms with Gasteiger partial charge in [0.15, 0.2) is 0 Å². The van der Waals surface area contributed by atoms with Gasteiger partial charge < -0.3 is 10.7 Å². The van der Waals surface area contributed by atoms with Crippen molar-refractivity contribution in [2.24, 2.45) is 5.73 Å². The molecule has 0 unspecified atom stereocenters. The average molecular weight is 310 g/mol. The molecule has 0 spiro atoms. The highest BCUT2D eigenvalue weighted by Crippen LogP contribution is 2.32. The number of carbonyl (C=O) groups excluding carboxylic acids is 1. The highest BCUT2D eigenvalue weighted by atomic mass is 19.4. The van der Waals surface area contributed by atoms with Gasteiger partial charge in [0.05, 0.1) is 5.56 Å². The molecule has 1 amide bonds. The number of unbranched alkanes of at least 4 members (excludes halogenated alkanes) is 1. The van der Waals surface area contributed by atoms with E-state index in [1.165, 1.54) is 12.1 Å². The summed E-state index contributed by atoms with van der Waals surface area (Å²) >= 11 is 0. The molecule has 3 N–H and O–H groups in total. The zero-order valence-electron chi connectivity index (χ0n) is 11.9. The Hall–Kier alpha value is -2.24. The predicted octanol–water partition coefficient (Wildman–Crippen LogP) is 3.90. The SMILES string of the molecule is NC(=O)CCCCc1[nH]ccc1-c1ccc(C(F)(F)F)cc1. The van der Waals surface area contributed by atoms with Gasteiger partial charge in [-0.3, -0.25) is 4.79 Å². The Morgan fingerprint density at radius 1 is 1.09 bits per heavy atom. The van der Waals surface area contributed by atoms with Gasteiger partial charge in [0, 0.05) is 23.9 Å². The summed E-state index contributed by atoms with van der Waals surface area (Å²) in [6, 6.07) is 6.95. The third-order valence-electron chi connectivity index (χ3n) is 3.46. The van der Waals surface area contributed by atoms with E-state index in [1.54, 1.807) is 6.20 Å². The van der Waals surface area contributed by atoms with E-state index in [0.29, 0.717) is 12.8 Å². The number of aromatic nitrogens is 1. The molecule has 0 atom stereocenters. The fraction of sp³-hybridized carbons (Fsp3) is 0.312. The number of carbonyl (C=O) groups is 1. The van der Waals surface area contributed by atoms with Crippen LogP contribution in [-0.4, -0.2) is 10.9 Å². The summed E-state index contributed by atoms with van der Waals surface area (Å²) in [4.78, 5) is 13.8. The minimum Gasteiger partial charge on any atom is -0.370 e. The summed E-state index contributed by atoms with van der Waals surface area (Å²) in [5.41, 5.74) is 6.99. The molecule has 1 aromatic heterocycles. The summed E-state index contributed by atoms with van der Waals surface area (Å²) in [5.74, 6) is -0.325. The van der Waals surface area contributed by atoms with E-state index in [1.807, 2.05) is 6.07 Å². The third kappa shape index (κ3) is 4.13. The smallest absolute Gasteiger partial charge is 0.370 e. The molecule has 0 fully saturated rings. The van der Waals surface area contributed by atoms with E-state index in [9.17, 15) is 18.0 Å². The monoisotopic (exact) mass is 310 g/mol. The van der Waals surface area contributed by atoms with Crippen LogP contribution < -0.4 is 5.73 Å². The zero-order chi connectivity index (χ0) is 16.2. The quantitative estimate of drug-likeness (QED) is 0.781. The van der Waals surface area contributed by atoms with E-state index in [-0.39, 0.29) is 5.91 Å². The lowest BCUT2D eigenvalue weighted by atomic mass is 10.0. The van der Waals surface area contributed by atoms with E-state index in [4.69, 9.17) is 5.73 Å². The number of aryl methyl sites for hydroxylation is 1. The summed E-state index contributed by atoms with van der Waals surface area (Å²) in [6.45, 7) is 0. The van der Waals surface area contributed by atoms with Gasteiger partial charge in [-0.1, -0.05) is 12.1 Å². The lowest BCUT2D eigenvalue weighted by Crippen LogP contribution is -2.09. The van der Waals surface area contributed by atoms with Gasteiger partial charge >= 0.3 is 6.18 Å². The van der Waals surface area contributed by atoms with Crippen LogP contribution in [0.5, 0.6) is 0 Å². The van der Waals surface area contributed by atoms with Crippen molar-refractivity contribution < 1.29 is 18.0 Å². The van der Waals surface area contributed by atoms with Crippen LogP contribution in [-0.2, 0) is 17.4 Å². The van der Waals surface area contributed by atoms with Gasteiger partial charge in [0.25, 0.3) is 0 Å². The van der Waals surface area contributed by atoms with Gasteiger partial charge in [-0.15, -0.1) is 0 Å². The Balaban J connectivity index is 2.07. The highest BCUT2D eigenvalue weighted by Gasteiger charge is 2.30. The molecule has 2 rings (SSSR count). The van der Waals surface area contributed by atoms with Crippen molar-refractivity contribution in [2.75, 3.05) is 0 Å². The number of nitrogens with one attached hydrogen (secondary N) is 1. The largest absolute Gasteiger partial charge is 0.416 e. The normalized spacial score (nSPS) is 11.6. The van der Waals surface area contributed by atoms with Gasteiger partial charge in [-0.25, -0.2) is 0 Å². The van der Waals surface area contributed by atoms with Gasteiger partial charge in [0.1, 0.15) is 0 Å². The average Bonchev–Trinajstić information content (AvgIpc) is 2.91. The maximum atomic E-state index is 12.6. The Morgan fingerprint density at radius 3 is 2.36 bits per heavy atom. The van der Waals surface area contributed by atoms with E-state index < -0.39 is 11.7 Å². The number of halogens is 3. The van der Waals surface area contributed by atoms with Crippen LogP contribution in [0.3, 0.4) is 0 Å². The number of rotatable bonds is 6. The molecular weight excluding hydrogens is 293 g/mol. The fourth-order valence-electron chi connectivity index (χ4n) is 2.32. The number of H-pyrrole nitrogens is 1. The molecule has 3 nitrogen and oxygen atoms in total. The van der Waals surface area contributed by atoms with Crippen LogP contribution in [0.15, 0.2) is 36.5 Å². The second kappa shape index (κ2) is 6.68. The second-order valence-electron chi connectivity index (χ2n) is 5.12. The molecule has 118 valence electrons. The Morgan fingerprint density at radius 2 is 1.77 bits per heavy atom. The van der Waals surface area contributed by atoms with Crippen molar-refractivity contribution >= 4 is 5.91 Å². The van der Waals surface area contributed by atoms with Crippen molar-refractivity contribution in [1.82, 2.24) is 4.98 Å². The van der Waals surface area contributed by atoms with E-state index in [2.05, 4.69) is 4.98 Å². The Labute approximate surface area is 126 Å². The fourth-order valence-corrected chi connectivity index (χ4v) is 2.32. The lowest BCUT2D eigenvalue weighted by molar-refractivity contribution is -0.137. The number of nitrogens with two attached hydrogens (primary N) is 1.